The van der Waals surface area contributed by atoms with Crippen LogP contribution < -0.4 is 14.5 Å². The van der Waals surface area contributed by atoms with E-state index in [0.29, 0.717) is 78.5 Å². The largest absolute Gasteiger partial charge is 0.465 e. The van der Waals surface area contributed by atoms with E-state index in [1.807, 2.05) is 0 Å². The van der Waals surface area contributed by atoms with Crippen molar-refractivity contribution in [3.8, 4) is 12.1 Å². The number of fused-ring (bicyclic) bond motifs is 2. The summed E-state index contributed by atoms with van der Waals surface area (Å²) in [7, 11) is 2.06. The Morgan fingerprint density at radius 3 is 2.43 bits per heavy atom. The molecule has 286 valence electrons. The van der Waals surface area contributed by atoms with Crippen LogP contribution in [0.4, 0.5) is 16.3 Å². The lowest BCUT2D eigenvalue weighted by Gasteiger charge is -2.41. The van der Waals surface area contributed by atoms with Crippen molar-refractivity contribution in [2.75, 3.05) is 109 Å². The van der Waals surface area contributed by atoms with Crippen LogP contribution in [-0.4, -0.2) is 153 Å². The van der Waals surface area contributed by atoms with E-state index in [0.717, 1.165) is 48.7 Å². The van der Waals surface area contributed by atoms with E-state index < -0.39 is 12.1 Å². The van der Waals surface area contributed by atoms with Gasteiger partial charge in [0.2, 0.25) is 0 Å². The number of aromatic nitrogens is 2. The number of amides is 1. The number of carboxylic acid groups (broad SMARTS) is 1. The van der Waals surface area contributed by atoms with Gasteiger partial charge in [-0.2, -0.15) is 15.2 Å². The molecule has 2 saturated heterocycles. The molecule has 2 N–H and O–H groups in total. The Hall–Kier alpha value is -4.30. The maximum atomic E-state index is 12.0. The number of piperazine rings is 1. The third-order valence-electron chi connectivity index (χ3n) is 10.1. The van der Waals surface area contributed by atoms with E-state index >= 15 is 0 Å². The van der Waals surface area contributed by atoms with Crippen molar-refractivity contribution in [1.29, 1.82) is 5.26 Å². The summed E-state index contributed by atoms with van der Waals surface area (Å²) in [4.78, 5) is 30.0. The number of nitrogens with zero attached hydrogens (tertiary/aromatic N) is 7. The van der Waals surface area contributed by atoms with E-state index in [1.165, 1.54) is 15.7 Å². The topological polar surface area (TPSA) is 166 Å². The monoisotopic (exact) mass is 733 g/mol. The number of nitriles is 1. The molecule has 3 atom stereocenters. The number of anilines is 2. The van der Waals surface area contributed by atoms with Crippen LogP contribution in [0.1, 0.15) is 24.1 Å². The summed E-state index contributed by atoms with van der Waals surface area (Å²) < 4.78 is 28.8. The maximum absolute atomic E-state index is 12.0. The molecule has 53 heavy (non-hydrogen) atoms. The summed E-state index contributed by atoms with van der Waals surface area (Å²) in [5.41, 5.74) is 3.09. The van der Waals surface area contributed by atoms with Crippen molar-refractivity contribution >= 4 is 28.4 Å². The van der Waals surface area contributed by atoms with E-state index in [4.69, 9.17) is 38.8 Å². The molecule has 6 rings (SSSR count). The molecule has 1 aromatic heterocycles. The number of carbonyl (C=O) groups is 1. The normalized spacial score (nSPS) is 20.5. The highest BCUT2D eigenvalue weighted by Gasteiger charge is 2.35. The standard InChI is InChI=1S/C38H51N7O8/c1-42-25-31(52-22-21-51-20-19-50-18-17-49-16-15-46)23-30(42)27-53-37-40-34-26-43(35-8-4-6-28-5-2-3-7-32(28)35)12-10-33(34)36(41-37)44-13-14-45(38(47)48)29(24-44)9-11-39/h2-8,29-31,46H,9-10,12-27H2,1H3,(H,47,48)/t29?,30-,31+/m0/s1. The van der Waals surface area contributed by atoms with Gasteiger partial charge in [0.1, 0.15) is 12.4 Å². The van der Waals surface area contributed by atoms with Gasteiger partial charge < -0.3 is 48.6 Å². The molecule has 2 fully saturated rings. The van der Waals surface area contributed by atoms with Gasteiger partial charge in [0.25, 0.3) is 0 Å². The number of aliphatic hydroxyl groups is 1. The zero-order chi connectivity index (χ0) is 37.0. The van der Waals surface area contributed by atoms with Crippen molar-refractivity contribution in [1.82, 2.24) is 19.8 Å². The van der Waals surface area contributed by atoms with Gasteiger partial charge in [-0.15, -0.1) is 0 Å². The smallest absolute Gasteiger partial charge is 0.407 e. The Bertz CT molecular complexity index is 1690. The lowest BCUT2D eigenvalue weighted by Crippen LogP contribution is -2.55. The average Bonchev–Trinajstić information content (AvgIpc) is 3.53. The summed E-state index contributed by atoms with van der Waals surface area (Å²) in [6.07, 6.45) is 0.663. The van der Waals surface area contributed by atoms with Gasteiger partial charge in [-0.25, -0.2) is 4.79 Å². The highest BCUT2D eigenvalue weighted by atomic mass is 16.6. The van der Waals surface area contributed by atoms with Gasteiger partial charge in [-0.05, 0) is 31.3 Å². The molecular weight excluding hydrogens is 682 g/mol. The highest BCUT2D eigenvalue weighted by molar-refractivity contribution is 5.94. The number of ether oxygens (including phenoxy) is 5. The Kier molecular flexibility index (Phi) is 13.9. The summed E-state index contributed by atoms with van der Waals surface area (Å²) in [6, 6.07) is 16.9. The number of aliphatic hydroxyl groups excluding tert-OH is 1. The molecule has 0 bridgehead atoms. The minimum Gasteiger partial charge on any atom is -0.465 e. The zero-order valence-corrected chi connectivity index (χ0v) is 30.5. The molecule has 15 heteroatoms. The van der Waals surface area contributed by atoms with Crippen molar-refractivity contribution in [3.05, 3.63) is 53.7 Å². The third kappa shape index (κ3) is 10.0. The zero-order valence-electron chi connectivity index (χ0n) is 30.5. The molecule has 0 radical (unpaired) electrons. The third-order valence-corrected chi connectivity index (χ3v) is 10.1. The number of benzene rings is 2. The van der Waals surface area contributed by atoms with Gasteiger partial charge >= 0.3 is 12.1 Å². The highest BCUT2D eigenvalue weighted by Crippen LogP contribution is 2.35. The second-order valence-electron chi connectivity index (χ2n) is 13.6. The fourth-order valence-electron chi connectivity index (χ4n) is 7.38. The van der Waals surface area contributed by atoms with E-state index in [9.17, 15) is 15.2 Å². The average molecular weight is 734 g/mol. The van der Waals surface area contributed by atoms with E-state index in [-0.39, 0.29) is 31.7 Å². The first-order valence-corrected chi connectivity index (χ1v) is 18.5. The van der Waals surface area contributed by atoms with Crippen molar-refractivity contribution in [3.63, 3.8) is 0 Å². The fraction of sp³-hybridized carbons (Fsp3) is 0.579. The SMILES string of the molecule is CN1C[C@H](OCCOCCOCCOCCO)C[C@H]1COc1nc2c(c(N3CCN(C(=O)O)C(CC#N)C3)n1)CCN(c1cccc3ccccc13)C2. The van der Waals surface area contributed by atoms with Gasteiger partial charge in [0.15, 0.2) is 0 Å². The minimum absolute atomic E-state index is 0.00696. The number of likely N-dealkylation sites (N-methyl/N-ethyl adjacent to an activating group) is 1. The van der Waals surface area contributed by atoms with Crippen LogP contribution in [0.5, 0.6) is 6.01 Å². The van der Waals surface area contributed by atoms with E-state index in [2.05, 4.69) is 70.3 Å². The van der Waals surface area contributed by atoms with Gasteiger partial charge in [0, 0.05) is 55.4 Å². The predicted molar refractivity (Wildman–Crippen MR) is 198 cm³/mol. The molecule has 0 saturated carbocycles. The molecule has 2 aromatic carbocycles. The molecule has 1 unspecified atom stereocenters. The summed E-state index contributed by atoms with van der Waals surface area (Å²) >= 11 is 0. The molecule has 4 heterocycles. The molecular formula is C38H51N7O8. The summed E-state index contributed by atoms with van der Waals surface area (Å²) in [5.74, 6) is 0.761. The Morgan fingerprint density at radius 2 is 1.66 bits per heavy atom. The molecule has 15 nitrogen and oxygen atoms in total. The Balaban J connectivity index is 1.09. The van der Waals surface area contributed by atoms with Crippen molar-refractivity contribution in [2.45, 2.75) is 44.0 Å². The second kappa shape index (κ2) is 19.2. The number of hydrogen-bond acceptors (Lipinski definition) is 13. The molecule has 3 aliphatic rings. The number of rotatable bonds is 18. The van der Waals surface area contributed by atoms with Crippen LogP contribution in [0.25, 0.3) is 10.8 Å². The second-order valence-corrected chi connectivity index (χ2v) is 13.6. The van der Waals surface area contributed by atoms with Crippen molar-refractivity contribution < 1.29 is 38.7 Å². The predicted octanol–water partition coefficient (Wildman–Crippen LogP) is 2.78. The van der Waals surface area contributed by atoms with Crippen LogP contribution >= 0.6 is 0 Å². The van der Waals surface area contributed by atoms with Crippen LogP contribution in [0.15, 0.2) is 42.5 Å². The lowest BCUT2D eigenvalue weighted by atomic mass is 10.0. The van der Waals surface area contributed by atoms with E-state index in [1.54, 1.807) is 0 Å². The summed E-state index contributed by atoms with van der Waals surface area (Å²) in [5, 5.41) is 30.4. The molecule has 3 aromatic rings. The van der Waals surface area contributed by atoms with Crippen LogP contribution in [-0.2, 0) is 31.9 Å². The fourth-order valence-corrected chi connectivity index (χ4v) is 7.38. The minimum atomic E-state index is -1.01. The molecule has 0 aliphatic carbocycles. The Morgan fingerprint density at radius 1 is 0.906 bits per heavy atom. The first-order valence-electron chi connectivity index (χ1n) is 18.5. The number of hydrogen-bond donors (Lipinski definition) is 2. The van der Waals surface area contributed by atoms with Crippen LogP contribution in [0.3, 0.4) is 0 Å². The van der Waals surface area contributed by atoms with Crippen LogP contribution in [0, 0.1) is 11.3 Å². The summed E-state index contributed by atoms with van der Waals surface area (Å²) in [6.45, 7) is 6.79. The lowest BCUT2D eigenvalue weighted by molar-refractivity contribution is -0.0180. The first kappa shape index (κ1) is 38.4. The van der Waals surface area contributed by atoms with Crippen molar-refractivity contribution in [2.24, 2.45) is 0 Å². The molecule has 0 spiro atoms. The molecule has 1 amide bonds. The van der Waals surface area contributed by atoms with Gasteiger partial charge in [0.05, 0.1) is 89.7 Å². The van der Waals surface area contributed by atoms with Gasteiger partial charge in [-0.3, -0.25) is 4.90 Å². The van der Waals surface area contributed by atoms with Crippen LogP contribution in [0.2, 0.25) is 0 Å². The van der Waals surface area contributed by atoms with Gasteiger partial charge in [-0.1, -0.05) is 36.4 Å². The first-order chi connectivity index (χ1) is 25.9. The quantitative estimate of drug-likeness (QED) is 0.183. The Labute approximate surface area is 310 Å². The maximum Gasteiger partial charge on any atom is 0.407 e. The molecule has 3 aliphatic heterocycles. The number of likely N-dealkylation sites (tertiary alicyclic amines) is 1.